The number of benzene rings is 2. The number of hydrogen-bond donors (Lipinski definition) is 0. The number of fused-ring (bicyclic) bond motifs is 1. The van der Waals surface area contributed by atoms with Crippen LogP contribution < -0.4 is 15.4 Å². The lowest BCUT2D eigenvalue weighted by Crippen LogP contribution is -2.48. The third-order valence-electron chi connectivity index (χ3n) is 5.27. The van der Waals surface area contributed by atoms with E-state index in [4.69, 9.17) is 9.15 Å². The standard InChI is InChI=1S/C20H23N3O5S/c1-3-23-18-9-8-17(14-19(18)28-20(23)24)29(25,26)22-12-10-21(11-13-22)15-4-6-16(27-2)7-5-15/h4-9,14H,3,10-13H2,1-2H3. The van der Waals surface area contributed by atoms with E-state index in [0.29, 0.717) is 38.2 Å². The van der Waals surface area contributed by atoms with E-state index < -0.39 is 15.8 Å². The van der Waals surface area contributed by atoms with Crippen LogP contribution in [0.5, 0.6) is 5.75 Å². The Bertz CT molecular complexity index is 1170. The van der Waals surface area contributed by atoms with Crippen molar-refractivity contribution in [2.75, 3.05) is 38.2 Å². The van der Waals surface area contributed by atoms with E-state index >= 15 is 0 Å². The molecule has 0 radical (unpaired) electrons. The summed E-state index contributed by atoms with van der Waals surface area (Å²) in [6.45, 7) is 4.25. The molecule has 0 aliphatic carbocycles. The minimum atomic E-state index is -3.66. The fourth-order valence-electron chi connectivity index (χ4n) is 3.64. The van der Waals surface area contributed by atoms with Crippen molar-refractivity contribution in [3.8, 4) is 5.75 Å². The van der Waals surface area contributed by atoms with Crippen molar-refractivity contribution in [1.29, 1.82) is 0 Å². The number of aromatic nitrogens is 1. The Morgan fingerprint density at radius 3 is 2.34 bits per heavy atom. The quantitative estimate of drug-likeness (QED) is 0.632. The van der Waals surface area contributed by atoms with Gasteiger partial charge < -0.3 is 14.1 Å². The Labute approximate surface area is 168 Å². The first kappa shape index (κ1) is 19.5. The van der Waals surface area contributed by atoms with Gasteiger partial charge in [-0.3, -0.25) is 4.57 Å². The fraction of sp³-hybridized carbons (Fsp3) is 0.350. The van der Waals surface area contributed by atoms with Crippen LogP contribution in [0.2, 0.25) is 0 Å². The van der Waals surface area contributed by atoms with E-state index in [0.717, 1.165) is 11.4 Å². The monoisotopic (exact) mass is 417 g/mol. The number of sulfonamides is 1. The minimum Gasteiger partial charge on any atom is -0.497 e. The number of hydrogen-bond acceptors (Lipinski definition) is 6. The van der Waals surface area contributed by atoms with Gasteiger partial charge in [0.05, 0.1) is 17.5 Å². The molecule has 1 saturated heterocycles. The number of rotatable bonds is 5. The topological polar surface area (TPSA) is 85.0 Å². The van der Waals surface area contributed by atoms with Crippen LogP contribution in [-0.4, -0.2) is 50.6 Å². The second-order valence-electron chi connectivity index (χ2n) is 6.83. The molecule has 1 aromatic heterocycles. The largest absolute Gasteiger partial charge is 0.497 e. The van der Waals surface area contributed by atoms with Gasteiger partial charge in [0.1, 0.15) is 5.75 Å². The Kier molecular flexibility index (Phi) is 5.10. The Balaban J connectivity index is 1.52. The summed E-state index contributed by atoms with van der Waals surface area (Å²) in [6, 6.07) is 12.3. The predicted molar refractivity (Wildman–Crippen MR) is 110 cm³/mol. The van der Waals surface area contributed by atoms with Gasteiger partial charge in [-0.2, -0.15) is 4.31 Å². The molecule has 1 aliphatic rings. The molecule has 0 N–H and O–H groups in total. The summed E-state index contributed by atoms with van der Waals surface area (Å²) in [5.41, 5.74) is 1.92. The molecule has 9 heteroatoms. The molecule has 4 rings (SSSR count). The maximum atomic E-state index is 13.1. The van der Waals surface area contributed by atoms with Gasteiger partial charge in [-0.05, 0) is 43.3 Å². The first-order valence-electron chi connectivity index (χ1n) is 9.46. The van der Waals surface area contributed by atoms with Crippen molar-refractivity contribution in [3.05, 3.63) is 53.0 Å². The summed E-state index contributed by atoms with van der Waals surface area (Å²) in [5, 5.41) is 0. The number of anilines is 1. The van der Waals surface area contributed by atoms with Crippen LogP contribution in [0.15, 0.2) is 56.6 Å². The van der Waals surface area contributed by atoms with Crippen molar-refractivity contribution >= 4 is 26.8 Å². The third-order valence-corrected chi connectivity index (χ3v) is 7.16. The lowest BCUT2D eigenvalue weighted by Gasteiger charge is -2.35. The summed E-state index contributed by atoms with van der Waals surface area (Å²) < 4.78 is 39.5. The molecule has 8 nitrogen and oxygen atoms in total. The normalized spacial score (nSPS) is 15.7. The molecule has 1 aliphatic heterocycles. The van der Waals surface area contributed by atoms with Crippen molar-refractivity contribution in [3.63, 3.8) is 0 Å². The van der Waals surface area contributed by atoms with Gasteiger partial charge in [-0.25, -0.2) is 13.2 Å². The number of ether oxygens (including phenoxy) is 1. The van der Waals surface area contributed by atoms with E-state index in [9.17, 15) is 13.2 Å². The average molecular weight is 417 g/mol. The highest BCUT2D eigenvalue weighted by Crippen LogP contribution is 2.25. The molecule has 0 unspecified atom stereocenters. The van der Waals surface area contributed by atoms with Crippen LogP contribution in [0.4, 0.5) is 5.69 Å². The molecular weight excluding hydrogens is 394 g/mol. The number of nitrogens with zero attached hydrogens (tertiary/aromatic N) is 3. The summed E-state index contributed by atoms with van der Waals surface area (Å²) in [7, 11) is -2.04. The van der Waals surface area contributed by atoms with E-state index in [1.54, 1.807) is 13.2 Å². The summed E-state index contributed by atoms with van der Waals surface area (Å²) >= 11 is 0. The second-order valence-corrected chi connectivity index (χ2v) is 8.77. The van der Waals surface area contributed by atoms with Crippen molar-refractivity contribution < 1.29 is 17.6 Å². The van der Waals surface area contributed by atoms with Crippen LogP contribution in [0.3, 0.4) is 0 Å². The molecule has 0 amide bonds. The summed E-state index contributed by atoms with van der Waals surface area (Å²) in [5.74, 6) is 0.305. The molecule has 0 bridgehead atoms. The van der Waals surface area contributed by atoms with Gasteiger partial charge in [0.2, 0.25) is 10.0 Å². The highest BCUT2D eigenvalue weighted by Gasteiger charge is 2.29. The van der Waals surface area contributed by atoms with Crippen molar-refractivity contribution in [1.82, 2.24) is 8.87 Å². The molecule has 29 heavy (non-hydrogen) atoms. The molecule has 3 aromatic rings. The summed E-state index contributed by atoms with van der Waals surface area (Å²) in [4.78, 5) is 14.2. The maximum absolute atomic E-state index is 13.1. The molecule has 0 saturated carbocycles. The van der Waals surface area contributed by atoms with E-state index in [-0.39, 0.29) is 10.5 Å². The second kappa shape index (κ2) is 7.57. The van der Waals surface area contributed by atoms with Crippen LogP contribution >= 0.6 is 0 Å². The molecule has 2 heterocycles. The van der Waals surface area contributed by atoms with E-state index in [1.165, 1.54) is 21.0 Å². The zero-order chi connectivity index (χ0) is 20.6. The molecule has 2 aromatic carbocycles. The highest BCUT2D eigenvalue weighted by atomic mass is 32.2. The Morgan fingerprint density at radius 2 is 1.72 bits per heavy atom. The fourth-order valence-corrected chi connectivity index (χ4v) is 5.07. The van der Waals surface area contributed by atoms with Gasteiger partial charge in [0, 0.05) is 44.5 Å². The number of aryl methyl sites for hydroxylation is 1. The van der Waals surface area contributed by atoms with Crippen molar-refractivity contribution in [2.24, 2.45) is 0 Å². The molecule has 0 spiro atoms. The number of oxazole rings is 1. The number of methoxy groups -OCH3 is 1. The smallest absolute Gasteiger partial charge is 0.419 e. The van der Waals surface area contributed by atoms with E-state index in [1.807, 2.05) is 31.2 Å². The lowest BCUT2D eigenvalue weighted by molar-refractivity contribution is 0.384. The first-order valence-corrected chi connectivity index (χ1v) is 10.9. The van der Waals surface area contributed by atoms with Crippen LogP contribution in [0, 0.1) is 0 Å². The highest BCUT2D eigenvalue weighted by molar-refractivity contribution is 7.89. The first-order chi connectivity index (χ1) is 13.9. The molecule has 0 atom stereocenters. The van der Waals surface area contributed by atoms with E-state index in [2.05, 4.69) is 4.90 Å². The lowest BCUT2D eigenvalue weighted by atomic mass is 10.2. The van der Waals surface area contributed by atoms with Gasteiger partial charge in [-0.15, -0.1) is 0 Å². The Hall–Kier alpha value is -2.78. The van der Waals surface area contributed by atoms with Gasteiger partial charge in [0.25, 0.3) is 0 Å². The maximum Gasteiger partial charge on any atom is 0.419 e. The van der Waals surface area contributed by atoms with Crippen LogP contribution in [0.25, 0.3) is 11.1 Å². The average Bonchev–Trinajstić information content (AvgIpc) is 3.08. The minimum absolute atomic E-state index is 0.139. The summed E-state index contributed by atoms with van der Waals surface area (Å²) in [6.07, 6.45) is 0. The zero-order valence-corrected chi connectivity index (χ0v) is 17.2. The van der Waals surface area contributed by atoms with Crippen molar-refractivity contribution in [2.45, 2.75) is 18.4 Å². The Morgan fingerprint density at radius 1 is 1.03 bits per heavy atom. The van der Waals surface area contributed by atoms with Crippen LogP contribution in [0.1, 0.15) is 6.92 Å². The molecule has 1 fully saturated rings. The predicted octanol–water partition coefficient (Wildman–Crippen LogP) is 2.13. The molecule has 154 valence electrons. The molecular formula is C20H23N3O5S. The van der Waals surface area contributed by atoms with Crippen LogP contribution in [-0.2, 0) is 16.6 Å². The third kappa shape index (κ3) is 3.51. The van der Waals surface area contributed by atoms with Gasteiger partial charge in [-0.1, -0.05) is 0 Å². The SMILES string of the molecule is CCn1c(=O)oc2cc(S(=O)(=O)N3CCN(c4ccc(OC)cc4)CC3)ccc21. The van der Waals surface area contributed by atoms with Gasteiger partial charge in [0.15, 0.2) is 5.58 Å². The number of piperazine rings is 1. The van der Waals surface area contributed by atoms with Gasteiger partial charge >= 0.3 is 5.76 Å². The zero-order valence-electron chi connectivity index (χ0n) is 16.4.